The Balaban J connectivity index is 1.68. The normalized spacial score (nSPS) is 17.9. The summed E-state index contributed by atoms with van der Waals surface area (Å²) >= 11 is 0. The third kappa shape index (κ3) is 5.88. The molecule has 1 aliphatic rings. The van der Waals surface area contributed by atoms with Crippen molar-refractivity contribution in [2.45, 2.75) is 12.6 Å². The van der Waals surface area contributed by atoms with Crippen molar-refractivity contribution in [2.24, 2.45) is 0 Å². The van der Waals surface area contributed by atoms with Gasteiger partial charge >= 0.3 is 6.03 Å². The first-order valence-electron chi connectivity index (χ1n) is 7.63. The van der Waals surface area contributed by atoms with Crippen LogP contribution >= 0.6 is 0 Å². The third-order valence-corrected chi connectivity index (χ3v) is 3.57. The lowest BCUT2D eigenvalue weighted by Crippen LogP contribution is -2.52. The van der Waals surface area contributed by atoms with Crippen LogP contribution in [0.15, 0.2) is 30.3 Å². The molecule has 1 aromatic rings. The highest BCUT2D eigenvalue weighted by molar-refractivity contribution is 5.78. The van der Waals surface area contributed by atoms with Crippen molar-refractivity contribution in [3.05, 3.63) is 35.9 Å². The molecular formula is C16H23N3O4. The first kappa shape index (κ1) is 17.2. The second-order valence-electron chi connectivity index (χ2n) is 5.31. The fourth-order valence-corrected chi connectivity index (χ4v) is 2.27. The summed E-state index contributed by atoms with van der Waals surface area (Å²) in [5, 5.41) is 5.56. The highest BCUT2D eigenvalue weighted by Crippen LogP contribution is 2.05. The van der Waals surface area contributed by atoms with Crippen LogP contribution in [0.25, 0.3) is 0 Å². The Morgan fingerprint density at radius 3 is 2.87 bits per heavy atom. The molecule has 0 spiro atoms. The van der Waals surface area contributed by atoms with Gasteiger partial charge in [-0.25, -0.2) is 4.79 Å². The fourth-order valence-electron chi connectivity index (χ4n) is 2.27. The first-order valence-corrected chi connectivity index (χ1v) is 7.63. The van der Waals surface area contributed by atoms with Crippen molar-refractivity contribution >= 4 is 11.9 Å². The van der Waals surface area contributed by atoms with E-state index in [4.69, 9.17) is 9.47 Å². The summed E-state index contributed by atoms with van der Waals surface area (Å²) < 4.78 is 10.4. The van der Waals surface area contributed by atoms with Gasteiger partial charge in [-0.15, -0.1) is 0 Å². The van der Waals surface area contributed by atoms with Gasteiger partial charge in [-0.2, -0.15) is 0 Å². The summed E-state index contributed by atoms with van der Waals surface area (Å²) in [6.07, 6.45) is -0.202. The van der Waals surface area contributed by atoms with E-state index in [1.54, 1.807) is 12.0 Å². The molecule has 0 aromatic heterocycles. The summed E-state index contributed by atoms with van der Waals surface area (Å²) in [4.78, 5) is 25.2. The highest BCUT2D eigenvalue weighted by Gasteiger charge is 2.26. The molecule has 0 radical (unpaired) electrons. The van der Waals surface area contributed by atoms with Crippen LogP contribution in [0.4, 0.5) is 4.79 Å². The molecule has 23 heavy (non-hydrogen) atoms. The van der Waals surface area contributed by atoms with Crippen molar-refractivity contribution in [3.63, 3.8) is 0 Å². The van der Waals surface area contributed by atoms with Gasteiger partial charge in [0.25, 0.3) is 0 Å². The molecule has 3 amide bonds. The number of methoxy groups -OCH3 is 1. The quantitative estimate of drug-likeness (QED) is 0.760. The minimum atomic E-state index is -0.252. The molecule has 0 aliphatic carbocycles. The lowest BCUT2D eigenvalue weighted by molar-refractivity contribution is -0.149. The van der Waals surface area contributed by atoms with Crippen LogP contribution in [-0.4, -0.2) is 62.9 Å². The number of urea groups is 1. The van der Waals surface area contributed by atoms with E-state index in [1.807, 2.05) is 30.3 Å². The van der Waals surface area contributed by atoms with Crippen LogP contribution in [-0.2, 0) is 20.8 Å². The van der Waals surface area contributed by atoms with Crippen LogP contribution < -0.4 is 10.6 Å². The van der Waals surface area contributed by atoms with Gasteiger partial charge in [0.2, 0.25) is 5.91 Å². The van der Waals surface area contributed by atoms with Crippen LogP contribution in [0.5, 0.6) is 0 Å². The van der Waals surface area contributed by atoms with Crippen molar-refractivity contribution in [2.75, 3.05) is 40.0 Å². The van der Waals surface area contributed by atoms with Crippen molar-refractivity contribution < 1.29 is 19.1 Å². The Labute approximate surface area is 135 Å². The van der Waals surface area contributed by atoms with Gasteiger partial charge < -0.3 is 25.0 Å². The van der Waals surface area contributed by atoms with Crippen LogP contribution in [0.2, 0.25) is 0 Å². The molecular weight excluding hydrogens is 298 g/mol. The molecule has 2 rings (SSSR count). The smallest absolute Gasteiger partial charge is 0.315 e. The number of morpholine rings is 1. The molecule has 1 aromatic carbocycles. The van der Waals surface area contributed by atoms with Gasteiger partial charge in [0.1, 0.15) is 6.61 Å². The van der Waals surface area contributed by atoms with E-state index in [-0.39, 0.29) is 24.6 Å². The summed E-state index contributed by atoms with van der Waals surface area (Å²) in [7, 11) is 1.60. The number of rotatable bonds is 7. The fraction of sp³-hybridized carbons (Fsp3) is 0.500. The maximum atomic E-state index is 11.8. The molecule has 2 N–H and O–H groups in total. The largest absolute Gasteiger partial charge is 0.383 e. The molecule has 126 valence electrons. The second kappa shape index (κ2) is 9.12. The Morgan fingerprint density at radius 2 is 2.13 bits per heavy atom. The van der Waals surface area contributed by atoms with Gasteiger partial charge in [0.05, 0.1) is 12.7 Å². The maximum absolute atomic E-state index is 11.8. The van der Waals surface area contributed by atoms with Crippen LogP contribution in [0.3, 0.4) is 0 Å². The number of hydrogen-bond donors (Lipinski definition) is 2. The Hall–Kier alpha value is -2.12. The second-order valence-corrected chi connectivity index (χ2v) is 5.31. The molecule has 1 heterocycles. The summed E-state index contributed by atoms with van der Waals surface area (Å²) in [5.41, 5.74) is 1.04. The average molecular weight is 321 g/mol. The molecule has 7 nitrogen and oxygen atoms in total. The summed E-state index contributed by atoms with van der Waals surface area (Å²) in [6, 6.07) is 9.43. The van der Waals surface area contributed by atoms with Gasteiger partial charge in [-0.1, -0.05) is 30.3 Å². The Morgan fingerprint density at radius 1 is 1.35 bits per heavy atom. The Kier molecular flexibility index (Phi) is 6.83. The van der Waals surface area contributed by atoms with E-state index in [0.717, 1.165) is 5.56 Å². The number of hydrogen-bond acceptors (Lipinski definition) is 4. The molecule has 1 atom stereocenters. The number of carbonyl (C=O) groups excluding carboxylic acids is 2. The highest BCUT2D eigenvalue weighted by atomic mass is 16.5. The Bertz CT molecular complexity index is 509. The number of nitrogens with zero attached hydrogens (tertiary/aromatic N) is 1. The molecule has 0 saturated carbocycles. The van der Waals surface area contributed by atoms with E-state index in [9.17, 15) is 9.59 Å². The zero-order valence-electron chi connectivity index (χ0n) is 13.3. The predicted octanol–water partition coefficient (Wildman–Crippen LogP) is 0.360. The zero-order valence-corrected chi connectivity index (χ0v) is 13.3. The van der Waals surface area contributed by atoms with Gasteiger partial charge in [0, 0.05) is 33.3 Å². The monoisotopic (exact) mass is 321 g/mol. The minimum Gasteiger partial charge on any atom is -0.383 e. The predicted molar refractivity (Wildman–Crippen MR) is 84.9 cm³/mol. The molecule has 0 bridgehead atoms. The van der Waals surface area contributed by atoms with E-state index < -0.39 is 0 Å². The summed E-state index contributed by atoms with van der Waals surface area (Å²) in [6.45, 7) is 2.36. The topological polar surface area (TPSA) is 79.9 Å². The third-order valence-electron chi connectivity index (χ3n) is 3.57. The lowest BCUT2D eigenvalue weighted by atomic mass is 10.2. The zero-order chi connectivity index (χ0) is 16.5. The molecule has 7 heteroatoms. The van der Waals surface area contributed by atoms with Crippen molar-refractivity contribution in [1.82, 2.24) is 15.5 Å². The van der Waals surface area contributed by atoms with Crippen molar-refractivity contribution in [3.8, 4) is 0 Å². The molecule has 1 saturated heterocycles. The maximum Gasteiger partial charge on any atom is 0.315 e. The van der Waals surface area contributed by atoms with Crippen molar-refractivity contribution in [1.29, 1.82) is 0 Å². The first-order chi connectivity index (χ1) is 11.2. The van der Waals surface area contributed by atoms with Crippen LogP contribution in [0.1, 0.15) is 5.56 Å². The van der Waals surface area contributed by atoms with E-state index in [0.29, 0.717) is 32.8 Å². The van der Waals surface area contributed by atoms with Gasteiger partial charge in [0.15, 0.2) is 0 Å². The standard InChI is InChI=1S/C16H23N3O4/c1-22-8-7-19-11-14(23-12-15(19)20)10-18-16(21)17-9-13-5-3-2-4-6-13/h2-6,14H,7-12H2,1H3,(H2,17,18,21). The molecule has 1 unspecified atom stereocenters. The lowest BCUT2D eigenvalue weighted by Gasteiger charge is -2.32. The number of amides is 3. The summed E-state index contributed by atoms with van der Waals surface area (Å²) in [5.74, 6) is -0.0492. The SMILES string of the molecule is COCCN1CC(CNC(=O)NCc2ccccc2)OCC1=O. The van der Waals surface area contributed by atoms with E-state index >= 15 is 0 Å². The van der Waals surface area contributed by atoms with Crippen LogP contribution in [0, 0.1) is 0 Å². The van der Waals surface area contributed by atoms with E-state index in [2.05, 4.69) is 10.6 Å². The van der Waals surface area contributed by atoms with E-state index in [1.165, 1.54) is 0 Å². The average Bonchev–Trinajstić information content (AvgIpc) is 2.59. The molecule has 1 fully saturated rings. The number of benzene rings is 1. The number of nitrogens with one attached hydrogen (secondary N) is 2. The van der Waals surface area contributed by atoms with Gasteiger partial charge in [-0.05, 0) is 5.56 Å². The van der Waals surface area contributed by atoms with Gasteiger partial charge in [-0.3, -0.25) is 4.79 Å². The number of ether oxygens (including phenoxy) is 2. The molecule has 1 aliphatic heterocycles. The minimum absolute atomic E-state index is 0.0433. The number of carbonyl (C=O) groups is 2.